The number of carbonyl (C=O) groups is 1. The van der Waals surface area contributed by atoms with Crippen LogP contribution in [-0.4, -0.2) is 15.6 Å². The molecule has 0 aliphatic carbocycles. The largest absolute Gasteiger partial charge is 0.287 e. The molecule has 0 aliphatic heterocycles. The Balaban J connectivity index is 2.52. The maximum absolute atomic E-state index is 12.5. The minimum absolute atomic E-state index is 0.0808. The molecule has 2 aromatic heterocycles. The summed E-state index contributed by atoms with van der Waals surface area (Å²) < 4.78 is 3.32. The highest BCUT2D eigenvalue weighted by atomic mass is 79.9. The fourth-order valence-corrected chi connectivity index (χ4v) is 4.58. The third kappa shape index (κ3) is 2.57. The van der Waals surface area contributed by atoms with E-state index in [-0.39, 0.29) is 11.8 Å². The standard InChI is InChI=1S/C11H9Br2ClN2OS/c1-5(2)16-9(7(14)4-15-16)10(17)6-3-8(12)18-11(6)13/h3-5H,1-2H3. The van der Waals surface area contributed by atoms with Gasteiger partial charge in [0.1, 0.15) is 5.69 Å². The van der Waals surface area contributed by atoms with Crippen molar-refractivity contribution in [1.29, 1.82) is 0 Å². The lowest BCUT2D eigenvalue weighted by Gasteiger charge is -2.10. The maximum Gasteiger partial charge on any atom is 0.214 e. The van der Waals surface area contributed by atoms with Gasteiger partial charge in [0.15, 0.2) is 0 Å². The quantitative estimate of drug-likeness (QED) is 0.670. The first-order valence-corrected chi connectivity index (χ1v) is 7.92. The van der Waals surface area contributed by atoms with Gasteiger partial charge in [-0.1, -0.05) is 11.6 Å². The van der Waals surface area contributed by atoms with E-state index in [2.05, 4.69) is 37.0 Å². The Morgan fingerprint density at radius 1 is 1.50 bits per heavy atom. The van der Waals surface area contributed by atoms with Crippen molar-refractivity contribution in [2.75, 3.05) is 0 Å². The van der Waals surface area contributed by atoms with Crippen molar-refractivity contribution >= 4 is 60.6 Å². The summed E-state index contributed by atoms with van der Waals surface area (Å²) in [6, 6.07) is 1.86. The molecule has 2 aromatic rings. The normalized spacial score (nSPS) is 11.2. The Hall–Kier alpha value is -0.170. The lowest BCUT2D eigenvalue weighted by atomic mass is 10.1. The number of nitrogens with zero attached hydrogens (tertiary/aromatic N) is 2. The Labute approximate surface area is 130 Å². The first-order chi connectivity index (χ1) is 8.41. The zero-order valence-corrected chi connectivity index (χ0v) is 14.3. The molecule has 0 saturated heterocycles. The number of halogens is 3. The molecule has 0 spiro atoms. The molecule has 2 rings (SSSR count). The topological polar surface area (TPSA) is 34.9 Å². The predicted molar refractivity (Wildman–Crippen MR) is 80.8 cm³/mol. The molecule has 0 aromatic carbocycles. The number of aromatic nitrogens is 2. The van der Waals surface area contributed by atoms with Crippen LogP contribution in [0.15, 0.2) is 19.8 Å². The van der Waals surface area contributed by atoms with Crippen LogP contribution in [-0.2, 0) is 0 Å². The van der Waals surface area contributed by atoms with Crippen molar-refractivity contribution in [3.63, 3.8) is 0 Å². The van der Waals surface area contributed by atoms with Gasteiger partial charge in [-0.15, -0.1) is 11.3 Å². The molecule has 7 heteroatoms. The smallest absolute Gasteiger partial charge is 0.214 e. The monoisotopic (exact) mass is 410 g/mol. The fourth-order valence-electron chi connectivity index (χ4n) is 1.57. The van der Waals surface area contributed by atoms with Gasteiger partial charge in [-0.05, 0) is 51.8 Å². The van der Waals surface area contributed by atoms with Gasteiger partial charge >= 0.3 is 0 Å². The Morgan fingerprint density at radius 2 is 2.17 bits per heavy atom. The molecular formula is C11H9Br2ClN2OS. The molecule has 0 atom stereocenters. The van der Waals surface area contributed by atoms with Crippen LogP contribution in [0.4, 0.5) is 0 Å². The number of carbonyl (C=O) groups excluding carboxylic acids is 1. The first kappa shape index (κ1) is 14.2. The second-order valence-electron chi connectivity index (χ2n) is 3.95. The fraction of sp³-hybridized carbons (Fsp3) is 0.273. The van der Waals surface area contributed by atoms with E-state index >= 15 is 0 Å². The first-order valence-electron chi connectivity index (χ1n) is 5.14. The second-order valence-corrected chi connectivity index (χ2v) is 8.10. The average molecular weight is 413 g/mol. The molecular weight excluding hydrogens is 403 g/mol. The van der Waals surface area contributed by atoms with Crippen LogP contribution in [0.5, 0.6) is 0 Å². The van der Waals surface area contributed by atoms with Crippen molar-refractivity contribution in [2.45, 2.75) is 19.9 Å². The third-order valence-electron chi connectivity index (χ3n) is 2.36. The molecule has 96 valence electrons. The van der Waals surface area contributed by atoms with E-state index in [1.54, 1.807) is 10.7 Å². The van der Waals surface area contributed by atoms with Crippen LogP contribution in [0.2, 0.25) is 5.02 Å². The summed E-state index contributed by atoms with van der Waals surface area (Å²) in [4.78, 5) is 12.5. The lowest BCUT2D eigenvalue weighted by molar-refractivity contribution is 0.102. The zero-order chi connectivity index (χ0) is 13.4. The third-order valence-corrected chi connectivity index (χ3v) is 4.97. The molecule has 0 aliphatic rings. The van der Waals surface area contributed by atoms with Gasteiger partial charge in [0.25, 0.3) is 0 Å². The van der Waals surface area contributed by atoms with Gasteiger partial charge in [0.2, 0.25) is 5.78 Å². The minimum Gasteiger partial charge on any atom is -0.287 e. The van der Waals surface area contributed by atoms with E-state index in [9.17, 15) is 4.79 Å². The van der Waals surface area contributed by atoms with Crippen molar-refractivity contribution in [2.24, 2.45) is 0 Å². The molecule has 3 nitrogen and oxygen atoms in total. The van der Waals surface area contributed by atoms with E-state index in [0.29, 0.717) is 16.3 Å². The van der Waals surface area contributed by atoms with Crippen LogP contribution < -0.4 is 0 Å². The Kier molecular flexibility index (Phi) is 4.31. The van der Waals surface area contributed by atoms with Crippen LogP contribution in [0.1, 0.15) is 35.9 Å². The summed E-state index contributed by atoms with van der Waals surface area (Å²) in [6.07, 6.45) is 1.50. The van der Waals surface area contributed by atoms with E-state index in [4.69, 9.17) is 11.6 Å². The highest BCUT2D eigenvalue weighted by Gasteiger charge is 2.23. The average Bonchev–Trinajstić information content (AvgIpc) is 2.81. The van der Waals surface area contributed by atoms with E-state index in [1.165, 1.54) is 17.5 Å². The highest BCUT2D eigenvalue weighted by molar-refractivity contribution is 9.12. The van der Waals surface area contributed by atoms with Crippen LogP contribution in [0, 0.1) is 0 Å². The van der Waals surface area contributed by atoms with Crippen molar-refractivity contribution in [3.8, 4) is 0 Å². The molecule has 0 saturated carbocycles. The van der Waals surface area contributed by atoms with E-state index in [0.717, 1.165) is 7.57 Å². The summed E-state index contributed by atoms with van der Waals surface area (Å²) in [6.45, 7) is 3.91. The van der Waals surface area contributed by atoms with Gasteiger partial charge < -0.3 is 0 Å². The van der Waals surface area contributed by atoms with E-state index < -0.39 is 0 Å². The Morgan fingerprint density at radius 3 is 2.67 bits per heavy atom. The minimum atomic E-state index is -0.125. The van der Waals surface area contributed by atoms with Crippen molar-refractivity contribution < 1.29 is 4.79 Å². The number of hydrogen-bond acceptors (Lipinski definition) is 3. The molecule has 0 radical (unpaired) electrons. The predicted octanol–water partition coefficient (Wildman–Crippen LogP) is 4.93. The van der Waals surface area contributed by atoms with Crippen molar-refractivity contribution in [3.05, 3.63) is 36.1 Å². The molecule has 18 heavy (non-hydrogen) atoms. The lowest BCUT2D eigenvalue weighted by Crippen LogP contribution is -2.13. The number of thiophene rings is 1. The Bertz CT molecular complexity index is 606. The number of rotatable bonds is 3. The van der Waals surface area contributed by atoms with Crippen LogP contribution >= 0.6 is 54.8 Å². The maximum atomic E-state index is 12.5. The highest BCUT2D eigenvalue weighted by Crippen LogP contribution is 2.34. The summed E-state index contributed by atoms with van der Waals surface area (Å²) in [5.74, 6) is -0.125. The molecule has 0 fully saturated rings. The summed E-state index contributed by atoms with van der Waals surface area (Å²) >= 11 is 14.3. The summed E-state index contributed by atoms with van der Waals surface area (Å²) in [5, 5.41) is 4.52. The molecule has 0 bridgehead atoms. The van der Waals surface area contributed by atoms with Crippen molar-refractivity contribution in [1.82, 2.24) is 9.78 Å². The van der Waals surface area contributed by atoms with Gasteiger partial charge in [-0.25, -0.2) is 0 Å². The van der Waals surface area contributed by atoms with Gasteiger partial charge in [0.05, 0.1) is 24.4 Å². The van der Waals surface area contributed by atoms with Crippen LogP contribution in [0.3, 0.4) is 0 Å². The summed E-state index contributed by atoms with van der Waals surface area (Å²) in [7, 11) is 0. The molecule has 0 N–H and O–H groups in total. The number of hydrogen-bond donors (Lipinski definition) is 0. The number of ketones is 1. The summed E-state index contributed by atoms with van der Waals surface area (Å²) in [5.41, 5.74) is 1.02. The van der Waals surface area contributed by atoms with Crippen LogP contribution in [0.25, 0.3) is 0 Å². The van der Waals surface area contributed by atoms with E-state index in [1.807, 2.05) is 13.8 Å². The molecule has 0 unspecified atom stereocenters. The van der Waals surface area contributed by atoms with Gasteiger partial charge in [0, 0.05) is 6.04 Å². The molecule has 0 amide bonds. The SMILES string of the molecule is CC(C)n1ncc(Cl)c1C(=O)c1cc(Br)sc1Br. The van der Waals surface area contributed by atoms with Gasteiger partial charge in [-0.2, -0.15) is 5.10 Å². The van der Waals surface area contributed by atoms with Gasteiger partial charge in [-0.3, -0.25) is 9.48 Å². The zero-order valence-electron chi connectivity index (χ0n) is 9.58. The molecule has 2 heterocycles. The second kappa shape index (κ2) is 5.45.